The van der Waals surface area contributed by atoms with E-state index >= 15 is 0 Å². The molecule has 1 aromatic rings. The van der Waals surface area contributed by atoms with Crippen molar-refractivity contribution >= 4 is 5.82 Å². The van der Waals surface area contributed by atoms with Crippen molar-refractivity contribution < 1.29 is 0 Å². The lowest BCUT2D eigenvalue weighted by molar-refractivity contribution is 0.612. The zero-order valence-corrected chi connectivity index (χ0v) is 10.9. The number of nitrogens with two attached hydrogens (primary N) is 1. The second kappa shape index (κ2) is 6.56. The Hall–Kier alpha value is -0.990. The van der Waals surface area contributed by atoms with Crippen molar-refractivity contribution in [2.45, 2.75) is 65.8 Å². The first kappa shape index (κ1) is 13.1. The average Bonchev–Trinajstić information content (AvgIpc) is 2.60. The van der Waals surface area contributed by atoms with Crippen molar-refractivity contribution in [2.24, 2.45) is 0 Å². The van der Waals surface area contributed by atoms with Gasteiger partial charge in [-0.1, -0.05) is 33.6 Å². The van der Waals surface area contributed by atoms with E-state index in [4.69, 9.17) is 5.73 Å². The summed E-state index contributed by atoms with van der Waals surface area (Å²) in [5.41, 5.74) is 7.27. The highest BCUT2D eigenvalue weighted by Crippen LogP contribution is 2.18. The van der Waals surface area contributed by atoms with Crippen LogP contribution in [0.25, 0.3) is 0 Å². The van der Waals surface area contributed by atoms with Crippen molar-refractivity contribution in [1.82, 2.24) is 9.55 Å². The Morgan fingerprint density at radius 2 is 1.81 bits per heavy atom. The summed E-state index contributed by atoms with van der Waals surface area (Å²) in [6, 6.07) is 0. The smallest absolute Gasteiger partial charge is 0.126 e. The SMILES string of the molecule is CCCCc1nc(CC)n(CCCC)c1N. The van der Waals surface area contributed by atoms with Crippen molar-refractivity contribution in [1.29, 1.82) is 0 Å². The third-order valence-electron chi connectivity index (χ3n) is 2.98. The number of hydrogen-bond acceptors (Lipinski definition) is 2. The molecule has 3 nitrogen and oxygen atoms in total. The van der Waals surface area contributed by atoms with E-state index in [-0.39, 0.29) is 0 Å². The summed E-state index contributed by atoms with van der Waals surface area (Å²) < 4.78 is 2.20. The van der Waals surface area contributed by atoms with Gasteiger partial charge >= 0.3 is 0 Å². The van der Waals surface area contributed by atoms with E-state index in [2.05, 4.69) is 30.3 Å². The van der Waals surface area contributed by atoms with Gasteiger partial charge in [0.05, 0.1) is 5.69 Å². The van der Waals surface area contributed by atoms with Crippen molar-refractivity contribution in [3.8, 4) is 0 Å². The van der Waals surface area contributed by atoms with Crippen LogP contribution in [0.15, 0.2) is 0 Å². The second-order valence-electron chi connectivity index (χ2n) is 4.32. The van der Waals surface area contributed by atoms with Crippen LogP contribution in [0.5, 0.6) is 0 Å². The van der Waals surface area contributed by atoms with Crippen molar-refractivity contribution in [2.75, 3.05) is 5.73 Å². The van der Waals surface area contributed by atoms with Crippen LogP contribution in [-0.4, -0.2) is 9.55 Å². The molecule has 1 rings (SSSR count). The molecule has 92 valence electrons. The highest BCUT2D eigenvalue weighted by molar-refractivity contribution is 5.38. The number of hydrogen-bond donors (Lipinski definition) is 1. The van der Waals surface area contributed by atoms with E-state index in [0.29, 0.717) is 0 Å². The molecule has 0 aliphatic heterocycles. The van der Waals surface area contributed by atoms with E-state index in [9.17, 15) is 0 Å². The molecule has 1 aromatic heterocycles. The van der Waals surface area contributed by atoms with Crippen LogP contribution in [0.2, 0.25) is 0 Å². The maximum absolute atomic E-state index is 6.16. The Balaban J connectivity index is 2.82. The summed E-state index contributed by atoms with van der Waals surface area (Å²) in [5, 5.41) is 0. The fourth-order valence-electron chi connectivity index (χ4n) is 1.93. The second-order valence-corrected chi connectivity index (χ2v) is 4.32. The van der Waals surface area contributed by atoms with Crippen LogP contribution >= 0.6 is 0 Å². The summed E-state index contributed by atoms with van der Waals surface area (Å²) in [4.78, 5) is 4.66. The molecule has 2 N–H and O–H groups in total. The van der Waals surface area contributed by atoms with Gasteiger partial charge in [0.15, 0.2) is 0 Å². The van der Waals surface area contributed by atoms with Crippen LogP contribution in [0.3, 0.4) is 0 Å². The molecule has 0 unspecified atom stereocenters. The summed E-state index contributed by atoms with van der Waals surface area (Å²) in [7, 11) is 0. The van der Waals surface area contributed by atoms with Crippen LogP contribution < -0.4 is 5.73 Å². The number of unbranched alkanes of at least 4 members (excludes halogenated alkanes) is 2. The molecular formula is C13H25N3. The lowest BCUT2D eigenvalue weighted by atomic mass is 10.2. The molecule has 0 atom stereocenters. The fourth-order valence-corrected chi connectivity index (χ4v) is 1.93. The van der Waals surface area contributed by atoms with Crippen LogP contribution in [0, 0.1) is 0 Å². The molecule has 0 aromatic carbocycles. The van der Waals surface area contributed by atoms with Gasteiger partial charge in [-0.15, -0.1) is 0 Å². The molecule has 0 amide bonds. The zero-order chi connectivity index (χ0) is 12.0. The highest BCUT2D eigenvalue weighted by Gasteiger charge is 2.12. The summed E-state index contributed by atoms with van der Waals surface area (Å²) in [5.74, 6) is 2.05. The maximum atomic E-state index is 6.16. The predicted octanol–water partition coefficient (Wildman–Crippen LogP) is 3.17. The van der Waals surface area contributed by atoms with E-state index in [1.54, 1.807) is 0 Å². The molecule has 0 aliphatic carbocycles. The topological polar surface area (TPSA) is 43.8 Å². The van der Waals surface area contributed by atoms with Gasteiger partial charge in [-0.2, -0.15) is 0 Å². The van der Waals surface area contributed by atoms with E-state index in [1.165, 1.54) is 25.7 Å². The number of nitrogen functional groups attached to an aromatic ring is 1. The molecule has 16 heavy (non-hydrogen) atoms. The van der Waals surface area contributed by atoms with Crippen molar-refractivity contribution in [3.05, 3.63) is 11.5 Å². The number of aromatic nitrogens is 2. The molecule has 0 spiro atoms. The van der Waals surface area contributed by atoms with Gasteiger partial charge in [-0.25, -0.2) is 4.98 Å². The Labute approximate surface area is 99.1 Å². The summed E-state index contributed by atoms with van der Waals surface area (Å²) in [6.45, 7) is 7.57. The molecule has 3 heteroatoms. The summed E-state index contributed by atoms with van der Waals surface area (Å²) >= 11 is 0. The Morgan fingerprint density at radius 3 is 2.38 bits per heavy atom. The first-order valence-corrected chi connectivity index (χ1v) is 6.58. The normalized spacial score (nSPS) is 10.9. The minimum atomic E-state index is 0.902. The molecule has 0 fully saturated rings. The van der Waals surface area contributed by atoms with Gasteiger partial charge in [-0.05, 0) is 19.3 Å². The quantitative estimate of drug-likeness (QED) is 0.771. The number of aryl methyl sites for hydroxylation is 2. The fraction of sp³-hybridized carbons (Fsp3) is 0.769. The minimum Gasteiger partial charge on any atom is -0.384 e. The van der Waals surface area contributed by atoms with E-state index in [1.807, 2.05) is 0 Å². The molecule has 1 heterocycles. The molecule has 0 saturated heterocycles. The minimum absolute atomic E-state index is 0.902. The van der Waals surface area contributed by atoms with Gasteiger partial charge < -0.3 is 10.3 Å². The standard InChI is InChI=1S/C13H25N3/c1-4-7-9-11-13(14)16(10-8-5-2)12(6-3)15-11/h4-10,14H2,1-3H3. The molecule has 0 radical (unpaired) electrons. The first-order valence-electron chi connectivity index (χ1n) is 6.58. The zero-order valence-electron chi connectivity index (χ0n) is 10.9. The molecule has 0 aliphatic rings. The van der Waals surface area contributed by atoms with Crippen LogP contribution in [0.4, 0.5) is 5.82 Å². The van der Waals surface area contributed by atoms with Gasteiger partial charge in [0, 0.05) is 13.0 Å². The molecule has 0 bridgehead atoms. The van der Waals surface area contributed by atoms with E-state index < -0.39 is 0 Å². The third-order valence-corrected chi connectivity index (χ3v) is 2.98. The number of rotatable bonds is 7. The lowest BCUT2D eigenvalue weighted by Gasteiger charge is -2.07. The molecular weight excluding hydrogens is 198 g/mol. The predicted molar refractivity (Wildman–Crippen MR) is 69.5 cm³/mol. The molecule has 0 saturated carbocycles. The van der Waals surface area contributed by atoms with Gasteiger partial charge in [0.1, 0.15) is 11.6 Å². The van der Waals surface area contributed by atoms with Crippen LogP contribution in [-0.2, 0) is 19.4 Å². The van der Waals surface area contributed by atoms with E-state index in [0.717, 1.165) is 36.7 Å². The first-order chi connectivity index (χ1) is 7.74. The van der Waals surface area contributed by atoms with Gasteiger partial charge in [-0.3, -0.25) is 0 Å². The van der Waals surface area contributed by atoms with Crippen LogP contribution in [0.1, 0.15) is 58.0 Å². The largest absolute Gasteiger partial charge is 0.384 e. The average molecular weight is 223 g/mol. The lowest BCUT2D eigenvalue weighted by Crippen LogP contribution is -2.07. The Morgan fingerprint density at radius 1 is 1.12 bits per heavy atom. The number of nitrogens with zero attached hydrogens (tertiary/aromatic N) is 2. The number of anilines is 1. The van der Waals surface area contributed by atoms with Gasteiger partial charge in [0.2, 0.25) is 0 Å². The maximum Gasteiger partial charge on any atom is 0.126 e. The number of imidazole rings is 1. The Bertz CT molecular complexity index is 315. The summed E-state index contributed by atoms with van der Waals surface area (Å²) in [6.07, 6.45) is 6.75. The van der Waals surface area contributed by atoms with Crippen molar-refractivity contribution in [3.63, 3.8) is 0 Å². The van der Waals surface area contributed by atoms with Gasteiger partial charge in [0.25, 0.3) is 0 Å². The Kier molecular flexibility index (Phi) is 5.36. The third kappa shape index (κ3) is 3.00. The highest BCUT2D eigenvalue weighted by atomic mass is 15.1. The monoisotopic (exact) mass is 223 g/mol.